The Hall–Kier alpha value is 0.350. The smallest absolute Gasteiger partial charge is 0.00186 e. The van der Waals surface area contributed by atoms with Gasteiger partial charge in [-0.1, -0.05) is 34.6 Å². The van der Waals surface area contributed by atoms with E-state index in [1.165, 1.54) is 6.42 Å². The quantitative estimate of drug-likeness (QED) is 0.627. The van der Waals surface area contributed by atoms with Gasteiger partial charge in [0.25, 0.3) is 0 Å². The van der Waals surface area contributed by atoms with Gasteiger partial charge in [-0.05, 0) is 24.0 Å². The molecule has 2 atom stereocenters. The second-order valence-electron chi connectivity index (χ2n) is 4.55. The Labute approximate surface area is 76.1 Å². The van der Waals surface area contributed by atoms with Crippen LogP contribution in [-0.2, 0) is 0 Å². The van der Waals surface area contributed by atoms with E-state index in [0.29, 0.717) is 5.41 Å². The van der Waals surface area contributed by atoms with Crippen molar-refractivity contribution in [1.82, 2.24) is 0 Å². The first-order chi connectivity index (χ1) is 4.88. The molecule has 0 saturated carbocycles. The highest BCUT2D eigenvalue weighted by Crippen LogP contribution is 2.31. The minimum Gasteiger partial charge on any atom is -0.162 e. The van der Waals surface area contributed by atoms with E-state index in [9.17, 15) is 0 Å². The summed E-state index contributed by atoms with van der Waals surface area (Å²) in [6.07, 6.45) is 3.53. The first-order valence-electron chi connectivity index (χ1n) is 4.40. The molecule has 1 heteroatoms. The Balaban J connectivity index is 3.77. The summed E-state index contributed by atoms with van der Waals surface area (Å²) in [4.78, 5) is 0. The minimum atomic E-state index is 0.476. The van der Waals surface area contributed by atoms with Gasteiger partial charge in [0.05, 0.1) is 0 Å². The Morgan fingerprint density at radius 1 is 1.18 bits per heavy atom. The summed E-state index contributed by atoms with van der Waals surface area (Å²) < 4.78 is 0. The molecule has 0 saturated heterocycles. The van der Waals surface area contributed by atoms with Crippen molar-refractivity contribution in [2.24, 2.45) is 11.3 Å². The SMILES string of the molecule is CSC(C)CC(C)C(C)(C)C. The van der Waals surface area contributed by atoms with E-state index in [0.717, 1.165) is 11.2 Å². The Morgan fingerprint density at radius 2 is 1.64 bits per heavy atom. The predicted octanol–water partition coefficient (Wildman–Crippen LogP) is 3.81. The molecular weight excluding hydrogens is 152 g/mol. The van der Waals surface area contributed by atoms with Gasteiger partial charge >= 0.3 is 0 Å². The normalized spacial score (nSPS) is 18.0. The van der Waals surface area contributed by atoms with Crippen molar-refractivity contribution in [3.8, 4) is 0 Å². The molecule has 0 aliphatic heterocycles. The molecule has 0 rings (SSSR count). The first-order valence-corrected chi connectivity index (χ1v) is 5.69. The highest BCUT2D eigenvalue weighted by atomic mass is 32.2. The molecule has 0 N–H and O–H groups in total. The lowest BCUT2D eigenvalue weighted by Gasteiger charge is -2.29. The van der Waals surface area contributed by atoms with E-state index < -0.39 is 0 Å². The monoisotopic (exact) mass is 174 g/mol. The fourth-order valence-electron chi connectivity index (χ4n) is 0.948. The molecule has 11 heavy (non-hydrogen) atoms. The number of hydrogen-bond acceptors (Lipinski definition) is 1. The van der Waals surface area contributed by atoms with E-state index in [-0.39, 0.29) is 0 Å². The van der Waals surface area contributed by atoms with Crippen LogP contribution < -0.4 is 0 Å². The number of hydrogen-bond donors (Lipinski definition) is 0. The van der Waals surface area contributed by atoms with Gasteiger partial charge < -0.3 is 0 Å². The van der Waals surface area contributed by atoms with Gasteiger partial charge in [0.15, 0.2) is 0 Å². The predicted molar refractivity (Wildman–Crippen MR) is 56.2 cm³/mol. The Kier molecular flexibility index (Phi) is 4.53. The zero-order chi connectivity index (χ0) is 9.07. The van der Waals surface area contributed by atoms with Crippen LogP contribution in [0.15, 0.2) is 0 Å². The molecular formula is C10H22S. The standard InChI is InChI=1S/C10H22S/c1-8(10(3,4)5)7-9(2)11-6/h8-9H,7H2,1-6H3. The maximum atomic E-state index is 2.35. The molecule has 68 valence electrons. The fourth-order valence-corrected chi connectivity index (χ4v) is 1.43. The zero-order valence-electron chi connectivity index (χ0n) is 8.77. The molecule has 0 aliphatic carbocycles. The molecule has 0 heterocycles. The summed E-state index contributed by atoms with van der Waals surface area (Å²) in [6.45, 7) is 11.6. The summed E-state index contributed by atoms with van der Waals surface area (Å²) in [6, 6.07) is 0. The third kappa shape index (κ3) is 4.73. The van der Waals surface area contributed by atoms with E-state index in [1.54, 1.807) is 0 Å². The fraction of sp³-hybridized carbons (Fsp3) is 1.00. The Morgan fingerprint density at radius 3 is 1.91 bits per heavy atom. The summed E-state index contributed by atoms with van der Waals surface area (Å²) in [7, 11) is 0. The van der Waals surface area contributed by atoms with Crippen LogP contribution in [0.5, 0.6) is 0 Å². The van der Waals surface area contributed by atoms with Crippen LogP contribution in [0.3, 0.4) is 0 Å². The summed E-state index contributed by atoms with van der Waals surface area (Å²) in [5.41, 5.74) is 0.476. The van der Waals surface area contributed by atoms with Crippen LogP contribution in [0.25, 0.3) is 0 Å². The van der Waals surface area contributed by atoms with Gasteiger partial charge in [0, 0.05) is 5.25 Å². The molecule has 0 fully saturated rings. The maximum Gasteiger partial charge on any atom is 0.00186 e. The second-order valence-corrected chi connectivity index (χ2v) is 5.83. The lowest BCUT2D eigenvalue weighted by molar-refractivity contribution is 0.247. The van der Waals surface area contributed by atoms with Gasteiger partial charge in [-0.25, -0.2) is 0 Å². The largest absolute Gasteiger partial charge is 0.162 e. The van der Waals surface area contributed by atoms with Crippen molar-refractivity contribution in [2.45, 2.75) is 46.3 Å². The van der Waals surface area contributed by atoms with Crippen molar-refractivity contribution < 1.29 is 0 Å². The summed E-state index contributed by atoms with van der Waals surface area (Å²) in [5, 5.41) is 0.809. The van der Waals surface area contributed by atoms with Crippen molar-refractivity contribution in [3.63, 3.8) is 0 Å². The highest BCUT2D eigenvalue weighted by molar-refractivity contribution is 7.99. The van der Waals surface area contributed by atoms with E-state index in [1.807, 2.05) is 11.8 Å². The maximum absolute atomic E-state index is 2.35. The van der Waals surface area contributed by atoms with Gasteiger partial charge in [0.1, 0.15) is 0 Å². The first kappa shape index (κ1) is 11.4. The average molecular weight is 174 g/mol. The molecule has 0 aromatic carbocycles. The van der Waals surface area contributed by atoms with Crippen LogP contribution >= 0.6 is 11.8 Å². The molecule has 0 amide bonds. The van der Waals surface area contributed by atoms with Crippen molar-refractivity contribution in [1.29, 1.82) is 0 Å². The van der Waals surface area contributed by atoms with Crippen molar-refractivity contribution in [3.05, 3.63) is 0 Å². The molecule has 0 aliphatic rings. The lowest BCUT2D eigenvalue weighted by atomic mass is 9.79. The highest BCUT2D eigenvalue weighted by Gasteiger charge is 2.21. The van der Waals surface area contributed by atoms with E-state index in [2.05, 4.69) is 40.9 Å². The van der Waals surface area contributed by atoms with Crippen LogP contribution in [-0.4, -0.2) is 11.5 Å². The average Bonchev–Trinajstić information content (AvgIpc) is 1.85. The van der Waals surface area contributed by atoms with Gasteiger partial charge in [-0.15, -0.1) is 0 Å². The van der Waals surface area contributed by atoms with Crippen molar-refractivity contribution >= 4 is 11.8 Å². The number of rotatable bonds is 3. The molecule has 0 nitrogen and oxygen atoms in total. The summed E-state index contributed by atoms with van der Waals surface area (Å²) in [5.74, 6) is 0.824. The lowest BCUT2D eigenvalue weighted by Crippen LogP contribution is -2.20. The molecule has 0 bridgehead atoms. The van der Waals surface area contributed by atoms with E-state index in [4.69, 9.17) is 0 Å². The number of thioether (sulfide) groups is 1. The van der Waals surface area contributed by atoms with Gasteiger partial charge in [-0.2, -0.15) is 11.8 Å². The van der Waals surface area contributed by atoms with Crippen molar-refractivity contribution in [2.75, 3.05) is 6.26 Å². The zero-order valence-corrected chi connectivity index (χ0v) is 9.59. The molecule has 0 aromatic heterocycles. The molecule has 0 radical (unpaired) electrons. The molecule has 2 unspecified atom stereocenters. The third-order valence-corrected chi connectivity index (χ3v) is 3.56. The van der Waals surface area contributed by atoms with Crippen LogP contribution in [0, 0.1) is 11.3 Å². The van der Waals surface area contributed by atoms with Gasteiger partial charge in [-0.3, -0.25) is 0 Å². The second kappa shape index (κ2) is 4.39. The van der Waals surface area contributed by atoms with E-state index >= 15 is 0 Å². The third-order valence-electron chi connectivity index (χ3n) is 2.57. The molecule has 0 aromatic rings. The molecule has 0 spiro atoms. The summed E-state index contributed by atoms with van der Waals surface area (Å²) >= 11 is 1.97. The Bertz CT molecular complexity index is 102. The van der Waals surface area contributed by atoms with Crippen LogP contribution in [0.2, 0.25) is 0 Å². The topological polar surface area (TPSA) is 0 Å². The van der Waals surface area contributed by atoms with Crippen LogP contribution in [0.4, 0.5) is 0 Å². The van der Waals surface area contributed by atoms with Gasteiger partial charge in [0.2, 0.25) is 0 Å². The minimum absolute atomic E-state index is 0.476. The van der Waals surface area contributed by atoms with Crippen LogP contribution in [0.1, 0.15) is 41.0 Å².